The maximum atomic E-state index is 12.2. The Morgan fingerprint density at radius 1 is 1.53 bits per heavy atom. The van der Waals surface area contributed by atoms with E-state index in [1.165, 1.54) is 10.4 Å². The number of thiophene rings is 1. The molecule has 0 saturated heterocycles. The quantitative estimate of drug-likeness (QED) is 0.794. The highest BCUT2D eigenvalue weighted by atomic mass is 32.2. The molecule has 1 rings (SSSR count). The van der Waals surface area contributed by atoms with Gasteiger partial charge in [-0.2, -0.15) is 4.31 Å². The second-order valence-corrected chi connectivity index (χ2v) is 6.75. The largest absolute Gasteiger partial charge is 0.391 e. The average Bonchev–Trinajstić information content (AvgIpc) is 2.78. The van der Waals surface area contributed by atoms with Gasteiger partial charge in [0.2, 0.25) is 0 Å². The smallest absolute Gasteiger partial charge is 0.253 e. The van der Waals surface area contributed by atoms with Crippen LogP contribution in [0.4, 0.5) is 0 Å². The van der Waals surface area contributed by atoms with Crippen LogP contribution in [0.5, 0.6) is 0 Å². The van der Waals surface area contributed by atoms with Gasteiger partial charge in [0, 0.05) is 11.4 Å². The maximum Gasteiger partial charge on any atom is 0.253 e. The summed E-state index contributed by atoms with van der Waals surface area (Å²) in [4.78, 5) is 0.626. The highest BCUT2D eigenvalue weighted by Crippen LogP contribution is 2.24. The fourth-order valence-electron chi connectivity index (χ4n) is 1.34. The molecule has 0 amide bonds. The van der Waals surface area contributed by atoms with Crippen molar-refractivity contribution in [3.8, 4) is 12.3 Å². The molecular weight excluding hydrogens is 258 g/mol. The van der Waals surface area contributed by atoms with E-state index in [4.69, 9.17) is 11.5 Å². The zero-order chi connectivity index (χ0) is 12.9. The minimum atomic E-state index is -3.52. The van der Waals surface area contributed by atoms with Crippen LogP contribution in [-0.4, -0.2) is 30.9 Å². The second kappa shape index (κ2) is 6.17. The molecule has 1 aromatic heterocycles. The normalized spacial score (nSPS) is 11.6. The zero-order valence-electron chi connectivity index (χ0n) is 9.59. The van der Waals surface area contributed by atoms with Crippen molar-refractivity contribution in [1.82, 2.24) is 4.31 Å². The third kappa shape index (κ3) is 3.30. The summed E-state index contributed by atoms with van der Waals surface area (Å²) in [5, 5.41) is 8.93. The number of sulfonamides is 1. The minimum absolute atomic E-state index is 0.0720. The fraction of sp³-hybridized carbons (Fsp3) is 0.455. The third-order valence-corrected chi connectivity index (χ3v) is 5.51. The van der Waals surface area contributed by atoms with E-state index in [-0.39, 0.29) is 17.4 Å². The van der Waals surface area contributed by atoms with Gasteiger partial charge in [0.15, 0.2) is 0 Å². The van der Waals surface area contributed by atoms with E-state index in [0.29, 0.717) is 17.8 Å². The summed E-state index contributed by atoms with van der Waals surface area (Å²) in [7, 11) is -3.52. The molecule has 0 atom stereocenters. The van der Waals surface area contributed by atoms with Crippen LogP contribution in [-0.2, 0) is 16.6 Å². The van der Waals surface area contributed by atoms with Gasteiger partial charge in [0.1, 0.15) is 4.21 Å². The zero-order valence-corrected chi connectivity index (χ0v) is 11.2. The predicted octanol–water partition coefficient (Wildman–Crippen LogP) is 1.27. The Labute approximate surface area is 106 Å². The lowest BCUT2D eigenvalue weighted by molar-refractivity contribution is 0.285. The maximum absolute atomic E-state index is 12.2. The first kappa shape index (κ1) is 14.2. The molecule has 4 nitrogen and oxygen atoms in total. The molecule has 6 heteroatoms. The van der Waals surface area contributed by atoms with Crippen LogP contribution in [0.25, 0.3) is 0 Å². The minimum Gasteiger partial charge on any atom is -0.391 e. The van der Waals surface area contributed by atoms with Crippen LogP contribution >= 0.6 is 11.3 Å². The number of aliphatic hydroxyl groups is 1. The van der Waals surface area contributed by atoms with E-state index in [0.717, 1.165) is 11.3 Å². The van der Waals surface area contributed by atoms with Gasteiger partial charge in [-0.1, -0.05) is 12.8 Å². The van der Waals surface area contributed by atoms with E-state index in [1.54, 1.807) is 6.07 Å². The summed E-state index contributed by atoms with van der Waals surface area (Å²) in [6.45, 7) is 2.22. The highest BCUT2D eigenvalue weighted by molar-refractivity contribution is 7.91. The van der Waals surface area contributed by atoms with Crippen molar-refractivity contribution in [1.29, 1.82) is 0 Å². The van der Waals surface area contributed by atoms with Crippen LogP contribution in [0.15, 0.2) is 16.3 Å². The molecule has 1 N–H and O–H groups in total. The molecular formula is C11H15NO3S2. The summed E-state index contributed by atoms with van der Waals surface area (Å²) < 4.78 is 25.9. The van der Waals surface area contributed by atoms with Crippen molar-refractivity contribution in [2.24, 2.45) is 0 Å². The topological polar surface area (TPSA) is 57.6 Å². The Morgan fingerprint density at radius 2 is 2.24 bits per heavy atom. The van der Waals surface area contributed by atoms with E-state index in [1.807, 2.05) is 6.92 Å². The molecule has 0 saturated carbocycles. The van der Waals surface area contributed by atoms with Gasteiger partial charge in [-0.15, -0.1) is 17.8 Å². The summed E-state index contributed by atoms with van der Waals surface area (Å²) in [6, 6.07) is 3.11. The Balaban J connectivity index is 3.03. The highest BCUT2D eigenvalue weighted by Gasteiger charge is 2.24. The third-order valence-electron chi connectivity index (χ3n) is 2.13. The Hall–Kier alpha value is -0.870. The first-order chi connectivity index (χ1) is 8.06. The average molecular weight is 273 g/mol. The molecule has 0 aliphatic rings. The molecule has 0 aromatic carbocycles. The standard InChI is InChI=1S/C11H15NO3S2/c1-3-7-12(8-4-2)17(14,15)11-6-5-10(9-13)16-11/h1,5-6,13H,4,7-9H2,2H3. The number of hydrogen-bond donors (Lipinski definition) is 1. The molecule has 0 aliphatic carbocycles. The van der Waals surface area contributed by atoms with Gasteiger partial charge < -0.3 is 5.11 Å². The van der Waals surface area contributed by atoms with E-state index in [9.17, 15) is 8.42 Å². The number of nitrogens with zero attached hydrogens (tertiary/aromatic N) is 1. The van der Waals surface area contributed by atoms with Crippen molar-refractivity contribution in [3.63, 3.8) is 0 Å². The van der Waals surface area contributed by atoms with Gasteiger partial charge >= 0.3 is 0 Å². The van der Waals surface area contributed by atoms with Crippen LogP contribution in [0.2, 0.25) is 0 Å². The Kier molecular flexibility index (Phi) is 5.15. The van der Waals surface area contributed by atoms with Gasteiger partial charge in [0.05, 0.1) is 13.2 Å². The summed E-state index contributed by atoms with van der Waals surface area (Å²) in [6.07, 6.45) is 5.88. The second-order valence-electron chi connectivity index (χ2n) is 3.42. The number of aliphatic hydroxyl groups excluding tert-OH is 1. The molecule has 0 unspecified atom stereocenters. The van der Waals surface area contributed by atoms with Crippen molar-refractivity contribution in [2.45, 2.75) is 24.2 Å². The molecule has 0 spiro atoms. The van der Waals surface area contributed by atoms with E-state index >= 15 is 0 Å². The van der Waals surface area contributed by atoms with Crippen molar-refractivity contribution < 1.29 is 13.5 Å². The lowest BCUT2D eigenvalue weighted by atomic mass is 10.5. The van der Waals surface area contributed by atoms with Crippen molar-refractivity contribution >= 4 is 21.4 Å². The fourth-order valence-corrected chi connectivity index (χ4v) is 4.16. The van der Waals surface area contributed by atoms with Gasteiger partial charge in [-0.05, 0) is 18.6 Å². The molecule has 0 bridgehead atoms. The van der Waals surface area contributed by atoms with Gasteiger partial charge in [0.25, 0.3) is 10.0 Å². The first-order valence-electron chi connectivity index (χ1n) is 5.19. The van der Waals surface area contributed by atoms with Crippen LogP contribution in [0.3, 0.4) is 0 Å². The van der Waals surface area contributed by atoms with Gasteiger partial charge in [-0.25, -0.2) is 8.42 Å². The summed E-state index contributed by atoms with van der Waals surface area (Å²) >= 11 is 1.07. The van der Waals surface area contributed by atoms with E-state index < -0.39 is 10.0 Å². The van der Waals surface area contributed by atoms with Crippen molar-refractivity contribution in [3.05, 3.63) is 17.0 Å². The lowest BCUT2D eigenvalue weighted by Crippen LogP contribution is -2.31. The van der Waals surface area contributed by atoms with E-state index in [2.05, 4.69) is 5.92 Å². The Bertz CT molecular complexity index is 499. The van der Waals surface area contributed by atoms with Crippen LogP contribution < -0.4 is 0 Å². The molecule has 0 aliphatic heterocycles. The van der Waals surface area contributed by atoms with Crippen molar-refractivity contribution in [2.75, 3.05) is 13.1 Å². The summed E-state index contributed by atoms with van der Waals surface area (Å²) in [5.41, 5.74) is 0. The first-order valence-corrected chi connectivity index (χ1v) is 7.45. The molecule has 0 radical (unpaired) electrons. The monoisotopic (exact) mass is 273 g/mol. The molecule has 0 fully saturated rings. The lowest BCUT2D eigenvalue weighted by Gasteiger charge is -2.17. The summed E-state index contributed by atoms with van der Waals surface area (Å²) in [5.74, 6) is 2.35. The molecule has 94 valence electrons. The SMILES string of the molecule is C#CCN(CCC)S(=O)(=O)c1ccc(CO)s1. The Morgan fingerprint density at radius 3 is 2.71 bits per heavy atom. The predicted molar refractivity (Wildman–Crippen MR) is 68.1 cm³/mol. The molecule has 17 heavy (non-hydrogen) atoms. The molecule has 1 heterocycles. The van der Waals surface area contributed by atoms with Crippen LogP contribution in [0.1, 0.15) is 18.2 Å². The number of hydrogen-bond acceptors (Lipinski definition) is 4. The van der Waals surface area contributed by atoms with Crippen LogP contribution in [0, 0.1) is 12.3 Å². The number of terminal acetylenes is 1. The van der Waals surface area contributed by atoms with Gasteiger partial charge in [-0.3, -0.25) is 0 Å². The number of rotatable bonds is 6. The molecule has 1 aromatic rings.